The molecule has 2 aliphatic rings. The summed E-state index contributed by atoms with van der Waals surface area (Å²) in [5, 5.41) is 8.93. The summed E-state index contributed by atoms with van der Waals surface area (Å²) in [6, 6.07) is -0.151. The van der Waals surface area contributed by atoms with Gasteiger partial charge in [-0.1, -0.05) is 0 Å². The van der Waals surface area contributed by atoms with Gasteiger partial charge < -0.3 is 14.7 Å². The van der Waals surface area contributed by atoms with E-state index in [2.05, 4.69) is 6.92 Å². The molecule has 0 radical (unpaired) electrons. The lowest BCUT2D eigenvalue weighted by Gasteiger charge is -2.35. The average Bonchev–Trinajstić information content (AvgIpc) is 2.82. The molecule has 2 saturated heterocycles. The molecule has 0 aliphatic carbocycles. The molecule has 3 atom stereocenters. The zero-order valence-electron chi connectivity index (χ0n) is 11.9. The number of carboxylic acid groups (broad SMARTS) is 1. The summed E-state index contributed by atoms with van der Waals surface area (Å²) < 4.78 is 5.72. The first-order chi connectivity index (χ1) is 9.56. The molecule has 0 aromatic carbocycles. The third kappa shape index (κ3) is 4.38. The van der Waals surface area contributed by atoms with Gasteiger partial charge in [-0.05, 0) is 26.2 Å². The van der Waals surface area contributed by atoms with Gasteiger partial charge >= 0.3 is 5.97 Å². The van der Waals surface area contributed by atoms with Crippen molar-refractivity contribution in [1.82, 2.24) is 4.90 Å². The summed E-state index contributed by atoms with van der Waals surface area (Å²) in [6.07, 6.45) is 3.89. The Bertz CT molecular complexity index is 363. The summed E-state index contributed by atoms with van der Waals surface area (Å²) in [4.78, 5) is 24.9. The van der Waals surface area contributed by atoms with Crippen LogP contribution in [0.2, 0.25) is 0 Å². The van der Waals surface area contributed by atoms with Crippen LogP contribution in [0, 0.1) is 0 Å². The number of rotatable bonds is 5. The van der Waals surface area contributed by atoms with Crippen molar-refractivity contribution in [3.8, 4) is 0 Å². The summed E-state index contributed by atoms with van der Waals surface area (Å²) in [5.41, 5.74) is 0. The van der Waals surface area contributed by atoms with Gasteiger partial charge in [-0.25, -0.2) is 0 Å². The number of carbonyl (C=O) groups is 2. The van der Waals surface area contributed by atoms with Crippen molar-refractivity contribution < 1.29 is 19.4 Å². The van der Waals surface area contributed by atoms with Crippen molar-refractivity contribution in [3.63, 3.8) is 0 Å². The van der Waals surface area contributed by atoms with Crippen LogP contribution in [0.15, 0.2) is 0 Å². The van der Waals surface area contributed by atoms with Crippen molar-refractivity contribution in [2.45, 2.75) is 57.3 Å². The van der Waals surface area contributed by atoms with Crippen molar-refractivity contribution >= 4 is 23.6 Å². The largest absolute Gasteiger partial charge is 0.481 e. The average molecular weight is 301 g/mol. The Hall–Kier alpha value is -0.750. The summed E-state index contributed by atoms with van der Waals surface area (Å²) in [5.74, 6) is 0.885. The number of carboxylic acids is 1. The fraction of sp³-hybridized carbons (Fsp3) is 0.857. The molecule has 2 rings (SSSR count). The highest BCUT2D eigenvalue weighted by Crippen LogP contribution is 2.24. The predicted octanol–water partition coefficient (Wildman–Crippen LogP) is 1.75. The van der Waals surface area contributed by atoms with Crippen LogP contribution in [0.1, 0.15) is 39.0 Å². The fourth-order valence-corrected chi connectivity index (χ4v) is 3.94. The second-order valence-corrected chi connectivity index (χ2v) is 6.75. The maximum atomic E-state index is 12.3. The van der Waals surface area contributed by atoms with E-state index in [1.54, 1.807) is 16.7 Å². The standard InChI is InChI=1S/C14H23NO4S/c1-10-2-3-12(19-10)4-5-13(16)15-6-7-20-9-11(15)8-14(17)18/h10-12H,2-9H2,1H3,(H,17,18). The summed E-state index contributed by atoms with van der Waals surface area (Å²) >= 11 is 1.73. The van der Waals surface area contributed by atoms with Gasteiger partial charge in [0.05, 0.1) is 24.7 Å². The lowest BCUT2D eigenvalue weighted by Crippen LogP contribution is -2.47. The minimum absolute atomic E-state index is 0.0513. The third-order valence-corrected chi connectivity index (χ3v) is 5.05. The van der Waals surface area contributed by atoms with E-state index < -0.39 is 5.97 Å². The highest BCUT2D eigenvalue weighted by Gasteiger charge is 2.30. The zero-order chi connectivity index (χ0) is 14.5. The smallest absolute Gasteiger partial charge is 0.305 e. The monoisotopic (exact) mass is 301 g/mol. The van der Waals surface area contributed by atoms with Crippen molar-refractivity contribution in [2.75, 3.05) is 18.1 Å². The Balaban J connectivity index is 1.81. The van der Waals surface area contributed by atoms with Crippen LogP contribution in [0.4, 0.5) is 0 Å². The van der Waals surface area contributed by atoms with Crippen LogP contribution >= 0.6 is 11.8 Å². The van der Waals surface area contributed by atoms with Crippen LogP contribution in [-0.2, 0) is 14.3 Å². The molecule has 20 heavy (non-hydrogen) atoms. The first-order valence-corrected chi connectivity index (χ1v) is 8.46. The molecule has 2 heterocycles. The van der Waals surface area contributed by atoms with Crippen LogP contribution in [0.25, 0.3) is 0 Å². The number of thioether (sulfide) groups is 1. The minimum atomic E-state index is -0.830. The fourth-order valence-electron chi connectivity index (χ4n) is 2.88. The maximum Gasteiger partial charge on any atom is 0.305 e. The van der Waals surface area contributed by atoms with Gasteiger partial charge in [-0.15, -0.1) is 0 Å². The first kappa shape index (κ1) is 15.6. The van der Waals surface area contributed by atoms with Gasteiger partial charge in [0.15, 0.2) is 0 Å². The molecule has 2 fully saturated rings. The Morgan fingerprint density at radius 1 is 1.40 bits per heavy atom. The number of hydrogen-bond acceptors (Lipinski definition) is 4. The van der Waals surface area contributed by atoms with E-state index in [-0.39, 0.29) is 24.5 Å². The number of carbonyl (C=O) groups excluding carboxylic acids is 1. The van der Waals surface area contributed by atoms with E-state index in [0.29, 0.717) is 19.1 Å². The second-order valence-electron chi connectivity index (χ2n) is 5.60. The van der Waals surface area contributed by atoms with E-state index in [0.717, 1.165) is 30.8 Å². The Kier molecular flexibility index (Phi) is 5.72. The van der Waals surface area contributed by atoms with Gasteiger partial charge in [0.1, 0.15) is 0 Å². The molecule has 5 nitrogen and oxygen atoms in total. The van der Waals surface area contributed by atoms with Gasteiger partial charge in [0, 0.05) is 24.5 Å². The normalized spacial score (nSPS) is 30.4. The molecule has 0 bridgehead atoms. The van der Waals surface area contributed by atoms with Crippen LogP contribution < -0.4 is 0 Å². The molecule has 2 aliphatic heterocycles. The molecular formula is C14H23NO4S. The number of ether oxygens (including phenoxy) is 1. The van der Waals surface area contributed by atoms with Gasteiger partial charge in [-0.3, -0.25) is 9.59 Å². The lowest BCUT2D eigenvalue weighted by atomic mass is 10.1. The molecule has 1 amide bonds. The molecule has 1 N–H and O–H groups in total. The van der Waals surface area contributed by atoms with Gasteiger partial charge in [0.25, 0.3) is 0 Å². The highest BCUT2D eigenvalue weighted by atomic mass is 32.2. The van der Waals surface area contributed by atoms with Crippen molar-refractivity contribution in [1.29, 1.82) is 0 Å². The number of nitrogens with zero attached hydrogens (tertiary/aromatic N) is 1. The predicted molar refractivity (Wildman–Crippen MR) is 77.9 cm³/mol. The maximum absolute atomic E-state index is 12.3. The molecule has 0 aromatic rings. The minimum Gasteiger partial charge on any atom is -0.481 e. The van der Waals surface area contributed by atoms with E-state index >= 15 is 0 Å². The van der Waals surface area contributed by atoms with Crippen LogP contribution in [-0.4, -0.2) is 58.2 Å². The zero-order valence-corrected chi connectivity index (χ0v) is 12.7. The SMILES string of the molecule is CC1CCC(CCC(=O)N2CCSCC2CC(=O)O)O1. The molecule has 114 valence electrons. The molecular weight excluding hydrogens is 278 g/mol. The van der Waals surface area contributed by atoms with E-state index in [1.807, 2.05) is 0 Å². The van der Waals surface area contributed by atoms with Gasteiger partial charge in [0.2, 0.25) is 5.91 Å². The van der Waals surface area contributed by atoms with E-state index in [9.17, 15) is 9.59 Å². The Morgan fingerprint density at radius 2 is 2.20 bits per heavy atom. The Labute approximate surface area is 124 Å². The van der Waals surface area contributed by atoms with E-state index in [1.165, 1.54) is 0 Å². The van der Waals surface area contributed by atoms with Crippen molar-refractivity contribution in [2.24, 2.45) is 0 Å². The molecule has 0 saturated carbocycles. The van der Waals surface area contributed by atoms with E-state index in [4.69, 9.17) is 9.84 Å². The number of aliphatic carboxylic acids is 1. The topological polar surface area (TPSA) is 66.8 Å². The highest BCUT2D eigenvalue weighted by molar-refractivity contribution is 7.99. The quantitative estimate of drug-likeness (QED) is 0.838. The summed E-state index contributed by atoms with van der Waals surface area (Å²) in [6.45, 7) is 2.73. The van der Waals surface area contributed by atoms with Gasteiger partial charge in [-0.2, -0.15) is 11.8 Å². The Morgan fingerprint density at radius 3 is 2.85 bits per heavy atom. The molecule has 3 unspecified atom stereocenters. The lowest BCUT2D eigenvalue weighted by molar-refractivity contribution is -0.140. The third-order valence-electron chi connectivity index (χ3n) is 3.96. The molecule has 0 aromatic heterocycles. The molecule has 6 heteroatoms. The number of amides is 1. The summed E-state index contributed by atoms with van der Waals surface area (Å²) in [7, 11) is 0. The van der Waals surface area contributed by atoms with Crippen LogP contribution in [0.5, 0.6) is 0 Å². The molecule has 0 spiro atoms. The first-order valence-electron chi connectivity index (χ1n) is 7.30. The second kappa shape index (κ2) is 7.31. The van der Waals surface area contributed by atoms with Crippen LogP contribution in [0.3, 0.4) is 0 Å². The van der Waals surface area contributed by atoms with Crippen molar-refractivity contribution in [3.05, 3.63) is 0 Å². The number of hydrogen-bond donors (Lipinski definition) is 1.